The van der Waals surface area contributed by atoms with Gasteiger partial charge < -0.3 is 0 Å². The van der Waals surface area contributed by atoms with E-state index in [0.29, 0.717) is 11.3 Å². The van der Waals surface area contributed by atoms with Crippen molar-refractivity contribution in [2.75, 3.05) is 0 Å². The molecule has 1 rings (SSSR count). The molecule has 0 spiro atoms. The largest absolute Gasteiger partial charge is 0.295 e. The first-order valence-corrected chi connectivity index (χ1v) is 5.29. The van der Waals surface area contributed by atoms with Crippen molar-refractivity contribution in [3.8, 4) is 0 Å². The molecule has 0 aromatic rings. The second kappa shape index (κ2) is 3.29. The first kappa shape index (κ1) is 9.90. The fourth-order valence-corrected chi connectivity index (χ4v) is 2.01. The second-order valence-electron chi connectivity index (χ2n) is 4.60. The molecule has 70 valence electrons. The third-order valence-electron chi connectivity index (χ3n) is 1.81. The molecule has 0 saturated carbocycles. The van der Waals surface area contributed by atoms with E-state index < -0.39 is 0 Å². The van der Waals surface area contributed by atoms with Gasteiger partial charge in [0.05, 0.1) is 10.4 Å². The van der Waals surface area contributed by atoms with Crippen LogP contribution in [0.5, 0.6) is 0 Å². The van der Waals surface area contributed by atoms with Crippen LogP contribution in [-0.4, -0.2) is 10.4 Å². The summed E-state index contributed by atoms with van der Waals surface area (Å²) in [6, 6.07) is 0. The summed E-state index contributed by atoms with van der Waals surface area (Å²) in [5.41, 5.74) is 3.46. The van der Waals surface area contributed by atoms with Gasteiger partial charge in [-0.05, 0) is 5.41 Å². The van der Waals surface area contributed by atoms with E-state index in [2.05, 4.69) is 45.1 Å². The lowest BCUT2D eigenvalue weighted by atomic mass is 9.97. The SMILES string of the molecule is CC(C)C1=NNC(C(C)(C)C)S1. The van der Waals surface area contributed by atoms with Crippen molar-refractivity contribution in [3.63, 3.8) is 0 Å². The highest BCUT2D eigenvalue weighted by atomic mass is 32.2. The van der Waals surface area contributed by atoms with Crippen molar-refractivity contribution in [3.05, 3.63) is 0 Å². The molecular formula is C9H18N2S. The van der Waals surface area contributed by atoms with Crippen molar-refractivity contribution in [1.29, 1.82) is 0 Å². The van der Waals surface area contributed by atoms with Crippen LogP contribution in [0, 0.1) is 11.3 Å². The van der Waals surface area contributed by atoms with E-state index >= 15 is 0 Å². The van der Waals surface area contributed by atoms with Crippen LogP contribution in [-0.2, 0) is 0 Å². The summed E-state index contributed by atoms with van der Waals surface area (Å²) in [6.45, 7) is 11.1. The van der Waals surface area contributed by atoms with Crippen LogP contribution in [0.25, 0.3) is 0 Å². The number of rotatable bonds is 1. The Morgan fingerprint density at radius 3 is 2.25 bits per heavy atom. The summed E-state index contributed by atoms with van der Waals surface area (Å²) < 4.78 is 0. The summed E-state index contributed by atoms with van der Waals surface area (Å²) in [6.07, 6.45) is 0. The van der Waals surface area contributed by atoms with E-state index in [0.717, 1.165) is 0 Å². The van der Waals surface area contributed by atoms with Crippen LogP contribution in [0.15, 0.2) is 5.10 Å². The van der Waals surface area contributed by atoms with Gasteiger partial charge in [0.15, 0.2) is 0 Å². The predicted molar refractivity (Wildman–Crippen MR) is 56.2 cm³/mol. The molecular weight excluding hydrogens is 168 g/mol. The first-order chi connectivity index (χ1) is 5.41. The van der Waals surface area contributed by atoms with E-state index in [9.17, 15) is 0 Å². The highest BCUT2D eigenvalue weighted by Gasteiger charge is 2.31. The molecule has 12 heavy (non-hydrogen) atoms. The zero-order valence-electron chi connectivity index (χ0n) is 8.51. The van der Waals surface area contributed by atoms with Crippen molar-refractivity contribution in [2.45, 2.75) is 40.0 Å². The molecule has 1 unspecified atom stereocenters. The molecule has 2 nitrogen and oxygen atoms in total. The van der Waals surface area contributed by atoms with Crippen LogP contribution in [0.3, 0.4) is 0 Å². The maximum atomic E-state index is 4.31. The van der Waals surface area contributed by atoms with E-state index in [1.54, 1.807) is 0 Å². The van der Waals surface area contributed by atoms with Gasteiger partial charge in [0, 0.05) is 5.92 Å². The van der Waals surface area contributed by atoms with Gasteiger partial charge in [0.1, 0.15) is 0 Å². The summed E-state index contributed by atoms with van der Waals surface area (Å²) >= 11 is 1.86. The Hall–Kier alpha value is -0.180. The smallest absolute Gasteiger partial charge is 0.0998 e. The normalized spacial score (nSPS) is 24.2. The Morgan fingerprint density at radius 1 is 1.42 bits per heavy atom. The number of hydrogen-bond acceptors (Lipinski definition) is 3. The van der Waals surface area contributed by atoms with Gasteiger partial charge in [0.2, 0.25) is 0 Å². The fraction of sp³-hybridized carbons (Fsp3) is 0.889. The first-order valence-electron chi connectivity index (χ1n) is 4.41. The average Bonchev–Trinajstić information content (AvgIpc) is 2.30. The van der Waals surface area contributed by atoms with E-state index in [4.69, 9.17) is 0 Å². The summed E-state index contributed by atoms with van der Waals surface area (Å²) in [5, 5.41) is 5.98. The number of nitrogens with zero attached hydrogens (tertiary/aromatic N) is 1. The van der Waals surface area contributed by atoms with Gasteiger partial charge in [-0.2, -0.15) is 5.10 Å². The van der Waals surface area contributed by atoms with E-state index in [-0.39, 0.29) is 5.41 Å². The zero-order chi connectivity index (χ0) is 9.35. The maximum absolute atomic E-state index is 4.31. The van der Waals surface area contributed by atoms with Crippen LogP contribution >= 0.6 is 11.8 Å². The van der Waals surface area contributed by atoms with Crippen LogP contribution in [0.2, 0.25) is 0 Å². The molecule has 1 heterocycles. The number of thioether (sulfide) groups is 1. The fourth-order valence-electron chi connectivity index (χ4n) is 0.931. The van der Waals surface area contributed by atoms with Crippen LogP contribution < -0.4 is 5.43 Å². The number of hydrogen-bond donors (Lipinski definition) is 1. The minimum Gasteiger partial charge on any atom is -0.295 e. The highest BCUT2D eigenvalue weighted by Crippen LogP contribution is 2.34. The molecule has 0 radical (unpaired) electrons. The monoisotopic (exact) mass is 186 g/mol. The third kappa shape index (κ3) is 2.16. The summed E-state index contributed by atoms with van der Waals surface area (Å²) in [5.74, 6) is 0.551. The number of nitrogens with one attached hydrogen (secondary N) is 1. The standard InChI is InChI=1S/C9H18N2S/c1-6(2)7-10-11-8(12-7)9(3,4)5/h6,8,11H,1-5H3. The molecule has 1 atom stereocenters. The summed E-state index contributed by atoms with van der Waals surface area (Å²) in [7, 11) is 0. The van der Waals surface area contributed by atoms with Crippen LogP contribution in [0.4, 0.5) is 0 Å². The lowest BCUT2D eigenvalue weighted by molar-refractivity contribution is 0.360. The van der Waals surface area contributed by atoms with Gasteiger partial charge in [-0.3, -0.25) is 5.43 Å². The lowest BCUT2D eigenvalue weighted by Gasteiger charge is -2.25. The van der Waals surface area contributed by atoms with E-state index in [1.807, 2.05) is 11.8 Å². The van der Waals surface area contributed by atoms with Crippen molar-refractivity contribution >= 4 is 16.8 Å². The Bertz CT molecular complexity index is 191. The average molecular weight is 186 g/mol. The second-order valence-corrected chi connectivity index (χ2v) is 5.72. The lowest BCUT2D eigenvalue weighted by Crippen LogP contribution is -2.31. The Kier molecular flexibility index (Phi) is 2.71. The van der Waals surface area contributed by atoms with Gasteiger partial charge in [0.25, 0.3) is 0 Å². The molecule has 0 amide bonds. The van der Waals surface area contributed by atoms with Gasteiger partial charge >= 0.3 is 0 Å². The Morgan fingerprint density at radius 2 is 2.00 bits per heavy atom. The molecule has 0 aromatic carbocycles. The predicted octanol–water partition coefficient (Wildman–Crippen LogP) is 2.66. The van der Waals surface area contributed by atoms with Gasteiger partial charge in [-0.25, -0.2) is 0 Å². The van der Waals surface area contributed by atoms with Gasteiger partial charge in [-0.15, -0.1) is 0 Å². The minimum atomic E-state index is 0.283. The maximum Gasteiger partial charge on any atom is 0.0998 e. The molecule has 0 aliphatic carbocycles. The molecule has 1 aliphatic heterocycles. The van der Waals surface area contributed by atoms with Crippen molar-refractivity contribution in [2.24, 2.45) is 16.4 Å². The summed E-state index contributed by atoms with van der Waals surface area (Å²) in [4.78, 5) is 0. The third-order valence-corrected chi connectivity index (χ3v) is 3.66. The molecule has 1 aliphatic rings. The van der Waals surface area contributed by atoms with Crippen molar-refractivity contribution < 1.29 is 0 Å². The van der Waals surface area contributed by atoms with E-state index in [1.165, 1.54) is 5.04 Å². The molecule has 3 heteroatoms. The topological polar surface area (TPSA) is 24.4 Å². The molecule has 0 saturated heterocycles. The number of hydrazone groups is 1. The van der Waals surface area contributed by atoms with Crippen LogP contribution in [0.1, 0.15) is 34.6 Å². The molecule has 0 fully saturated rings. The zero-order valence-corrected chi connectivity index (χ0v) is 9.33. The minimum absolute atomic E-state index is 0.283. The molecule has 1 N–H and O–H groups in total. The Labute approximate surface area is 79.2 Å². The quantitative estimate of drug-likeness (QED) is 0.681. The van der Waals surface area contributed by atoms with Crippen molar-refractivity contribution in [1.82, 2.24) is 5.43 Å². The molecule has 0 aromatic heterocycles. The van der Waals surface area contributed by atoms with Gasteiger partial charge in [-0.1, -0.05) is 46.4 Å². The Balaban J connectivity index is 2.53. The highest BCUT2D eigenvalue weighted by molar-refractivity contribution is 8.14. The molecule has 0 bridgehead atoms.